The first-order valence-corrected chi connectivity index (χ1v) is 8.03. The van der Waals surface area contributed by atoms with Gasteiger partial charge in [0, 0.05) is 12.6 Å². The van der Waals surface area contributed by atoms with Crippen molar-refractivity contribution >= 4 is 23.1 Å². The number of carbonyl (C=O) groups is 1. The molecule has 2 rings (SSSR count). The zero-order valence-electron chi connectivity index (χ0n) is 12.1. The maximum atomic E-state index is 12.8. The smallest absolute Gasteiger partial charge is 0.233 e. The van der Waals surface area contributed by atoms with Crippen LogP contribution < -0.4 is 5.73 Å². The Morgan fingerprint density at radius 3 is 2.47 bits per heavy atom. The lowest BCUT2D eigenvalue weighted by Crippen LogP contribution is -2.53. The molecule has 3 atom stereocenters. The number of hydrogen-bond acceptors (Lipinski definition) is 2. The molecular formula is C15H26N2OS. The average Bonchev–Trinajstić information content (AvgIpc) is 2.37. The van der Waals surface area contributed by atoms with Crippen LogP contribution in [0.15, 0.2) is 0 Å². The minimum Gasteiger partial charge on any atom is -0.393 e. The van der Waals surface area contributed by atoms with E-state index in [0.29, 0.717) is 16.9 Å². The van der Waals surface area contributed by atoms with Gasteiger partial charge in [-0.05, 0) is 37.5 Å². The second-order valence-corrected chi connectivity index (χ2v) is 6.88. The van der Waals surface area contributed by atoms with Crippen molar-refractivity contribution in [1.29, 1.82) is 0 Å². The van der Waals surface area contributed by atoms with Crippen molar-refractivity contribution < 1.29 is 4.79 Å². The molecule has 1 saturated heterocycles. The SMILES string of the molecule is CC(C)C(C(=O)N1CCC[C@H]2CCCC[C@H]21)C(N)=S. The number of piperidine rings is 1. The Morgan fingerprint density at radius 1 is 1.21 bits per heavy atom. The van der Waals surface area contributed by atoms with Gasteiger partial charge in [-0.15, -0.1) is 0 Å². The molecule has 2 fully saturated rings. The number of fused-ring (bicyclic) bond motifs is 1. The van der Waals surface area contributed by atoms with Gasteiger partial charge in [0.2, 0.25) is 5.91 Å². The standard InChI is InChI=1S/C15H26N2OS/c1-10(2)13(14(16)19)15(18)17-9-5-7-11-6-3-4-8-12(11)17/h10-13H,3-9H2,1-2H3,(H2,16,19)/t11-,12-,13?/m1/s1. The predicted molar refractivity (Wildman–Crippen MR) is 81.8 cm³/mol. The van der Waals surface area contributed by atoms with E-state index in [1.165, 1.54) is 32.1 Å². The molecule has 1 aliphatic carbocycles. The van der Waals surface area contributed by atoms with E-state index >= 15 is 0 Å². The second-order valence-electron chi connectivity index (χ2n) is 6.41. The molecule has 0 spiro atoms. The van der Waals surface area contributed by atoms with E-state index in [2.05, 4.69) is 4.90 Å². The minimum atomic E-state index is -0.282. The number of carbonyl (C=O) groups excluding carboxylic acids is 1. The van der Waals surface area contributed by atoms with E-state index in [0.717, 1.165) is 13.0 Å². The number of likely N-dealkylation sites (tertiary alicyclic amines) is 1. The number of thiocarbonyl (C=S) groups is 1. The Balaban J connectivity index is 2.14. The molecule has 0 bridgehead atoms. The van der Waals surface area contributed by atoms with Gasteiger partial charge in [-0.25, -0.2) is 0 Å². The normalized spacial score (nSPS) is 28.9. The number of nitrogens with zero attached hydrogens (tertiary/aromatic N) is 1. The molecule has 0 aromatic heterocycles. The molecule has 1 saturated carbocycles. The maximum absolute atomic E-state index is 12.8. The van der Waals surface area contributed by atoms with Crippen molar-refractivity contribution in [2.24, 2.45) is 23.5 Å². The van der Waals surface area contributed by atoms with E-state index in [-0.39, 0.29) is 17.7 Å². The summed E-state index contributed by atoms with van der Waals surface area (Å²) in [6.07, 6.45) is 7.45. The van der Waals surface area contributed by atoms with Crippen molar-refractivity contribution in [2.45, 2.75) is 58.4 Å². The first-order valence-electron chi connectivity index (χ1n) is 7.62. The summed E-state index contributed by atoms with van der Waals surface area (Å²) >= 11 is 5.12. The molecule has 2 aliphatic rings. The lowest BCUT2D eigenvalue weighted by Gasteiger charge is -2.45. The van der Waals surface area contributed by atoms with Gasteiger partial charge in [0.25, 0.3) is 0 Å². The van der Waals surface area contributed by atoms with Crippen LogP contribution in [0.3, 0.4) is 0 Å². The zero-order valence-corrected chi connectivity index (χ0v) is 12.9. The van der Waals surface area contributed by atoms with Gasteiger partial charge in [0.1, 0.15) is 0 Å². The molecule has 3 nitrogen and oxygen atoms in total. The van der Waals surface area contributed by atoms with Crippen LogP contribution in [0.25, 0.3) is 0 Å². The van der Waals surface area contributed by atoms with Crippen LogP contribution in [0, 0.1) is 17.8 Å². The molecule has 0 radical (unpaired) electrons. The van der Waals surface area contributed by atoms with Crippen LogP contribution in [0.2, 0.25) is 0 Å². The van der Waals surface area contributed by atoms with E-state index in [9.17, 15) is 4.79 Å². The molecule has 19 heavy (non-hydrogen) atoms. The maximum Gasteiger partial charge on any atom is 0.233 e. The third kappa shape index (κ3) is 3.10. The average molecular weight is 282 g/mol. The van der Waals surface area contributed by atoms with Crippen LogP contribution in [0.1, 0.15) is 52.4 Å². The molecule has 1 amide bonds. The highest BCUT2D eigenvalue weighted by atomic mass is 32.1. The van der Waals surface area contributed by atoms with E-state index in [1.54, 1.807) is 0 Å². The summed E-state index contributed by atoms with van der Waals surface area (Å²) in [7, 11) is 0. The highest BCUT2D eigenvalue weighted by Crippen LogP contribution is 2.36. The van der Waals surface area contributed by atoms with Crippen molar-refractivity contribution in [3.63, 3.8) is 0 Å². The van der Waals surface area contributed by atoms with Gasteiger partial charge < -0.3 is 10.6 Å². The number of hydrogen-bond donors (Lipinski definition) is 1. The Morgan fingerprint density at radius 2 is 1.84 bits per heavy atom. The highest BCUT2D eigenvalue weighted by Gasteiger charge is 2.39. The molecular weight excluding hydrogens is 256 g/mol. The molecule has 1 unspecified atom stereocenters. The van der Waals surface area contributed by atoms with Crippen LogP contribution >= 0.6 is 12.2 Å². The summed E-state index contributed by atoms with van der Waals surface area (Å²) in [6.45, 7) is 4.96. The Hall–Kier alpha value is -0.640. The summed E-state index contributed by atoms with van der Waals surface area (Å²) in [5.74, 6) is 0.800. The fourth-order valence-corrected chi connectivity index (χ4v) is 4.19. The predicted octanol–water partition coefficient (Wildman–Crippen LogP) is 2.73. The molecule has 0 aromatic rings. The molecule has 2 N–H and O–H groups in total. The number of amides is 1. The van der Waals surface area contributed by atoms with E-state index in [4.69, 9.17) is 18.0 Å². The van der Waals surface area contributed by atoms with Crippen molar-refractivity contribution in [3.8, 4) is 0 Å². The van der Waals surface area contributed by atoms with Gasteiger partial charge in [-0.3, -0.25) is 4.79 Å². The van der Waals surface area contributed by atoms with Gasteiger partial charge in [0.05, 0.1) is 10.9 Å². The van der Waals surface area contributed by atoms with E-state index < -0.39 is 0 Å². The Kier molecular flexibility index (Phi) is 4.82. The van der Waals surface area contributed by atoms with Gasteiger partial charge in [-0.2, -0.15) is 0 Å². The van der Waals surface area contributed by atoms with Gasteiger partial charge >= 0.3 is 0 Å². The van der Waals surface area contributed by atoms with Gasteiger partial charge in [0.15, 0.2) is 0 Å². The third-order valence-corrected chi connectivity index (χ3v) is 5.02. The fraction of sp³-hybridized carbons (Fsp3) is 0.867. The topological polar surface area (TPSA) is 46.3 Å². The van der Waals surface area contributed by atoms with Crippen LogP contribution in [-0.2, 0) is 4.79 Å². The van der Waals surface area contributed by atoms with Crippen molar-refractivity contribution in [1.82, 2.24) is 4.90 Å². The fourth-order valence-electron chi connectivity index (χ4n) is 3.81. The van der Waals surface area contributed by atoms with Crippen molar-refractivity contribution in [2.75, 3.05) is 6.54 Å². The lowest BCUT2D eigenvalue weighted by molar-refractivity contribution is -0.140. The van der Waals surface area contributed by atoms with Gasteiger partial charge in [-0.1, -0.05) is 38.9 Å². The number of nitrogens with two attached hydrogens (primary N) is 1. The molecule has 4 heteroatoms. The highest BCUT2D eigenvalue weighted by molar-refractivity contribution is 7.80. The number of rotatable bonds is 3. The lowest BCUT2D eigenvalue weighted by atomic mass is 9.77. The molecule has 108 valence electrons. The Bertz CT molecular complexity index is 354. The van der Waals surface area contributed by atoms with Crippen LogP contribution in [0.5, 0.6) is 0 Å². The first-order chi connectivity index (χ1) is 9.02. The summed E-state index contributed by atoms with van der Waals surface area (Å²) in [5.41, 5.74) is 5.80. The summed E-state index contributed by atoms with van der Waals surface area (Å²) in [4.78, 5) is 15.3. The second kappa shape index (κ2) is 6.21. The third-order valence-electron chi connectivity index (χ3n) is 4.77. The molecule has 1 heterocycles. The van der Waals surface area contributed by atoms with E-state index in [1.807, 2.05) is 13.8 Å². The largest absolute Gasteiger partial charge is 0.393 e. The summed E-state index contributed by atoms with van der Waals surface area (Å²) in [5, 5.41) is 0. The first kappa shape index (κ1) is 14.8. The zero-order chi connectivity index (χ0) is 14.0. The van der Waals surface area contributed by atoms with Crippen LogP contribution in [0.4, 0.5) is 0 Å². The Labute approximate surface area is 121 Å². The van der Waals surface area contributed by atoms with Crippen LogP contribution in [-0.4, -0.2) is 28.4 Å². The van der Waals surface area contributed by atoms with Crippen molar-refractivity contribution in [3.05, 3.63) is 0 Å². The molecule has 0 aromatic carbocycles. The minimum absolute atomic E-state index is 0.180. The summed E-state index contributed by atoms with van der Waals surface area (Å²) < 4.78 is 0. The monoisotopic (exact) mass is 282 g/mol. The summed E-state index contributed by atoms with van der Waals surface area (Å²) in [6, 6.07) is 0.450. The quantitative estimate of drug-likeness (QED) is 0.810. The molecule has 1 aliphatic heterocycles.